The summed E-state index contributed by atoms with van der Waals surface area (Å²) in [7, 11) is 0. The van der Waals surface area contributed by atoms with Crippen LogP contribution in [-0.4, -0.2) is 16.0 Å². The third kappa shape index (κ3) is 2.71. The molecule has 0 radical (unpaired) electrons. The van der Waals surface area contributed by atoms with Crippen LogP contribution in [0.1, 0.15) is 6.92 Å². The molecule has 0 bridgehead atoms. The number of fused-ring (bicyclic) bond motifs is 1. The van der Waals surface area contributed by atoms with E-state index in [1.807, 2.05) is 31.2 Å². The van der Waals surface area contributed by atoms with Crippen LogP contribution in [0.25, 0.3) is 10.9 Å². The maximum absolute atomic E-state index is 5.24. The van der Waals surface area contributed by atoms with E-state index in [4.69, 9.17) is 17.0 Å². The number of aromatic nitrogens is 1. The lowest BCUT2D eigenvalue weighted by molar-refractivity contribution is 0.346. The Morgan fingerprint density at radius 3 is 3.12 bits per heavy atom. The predicted octanol–water partition coefficient (Wildman–Crippen LogP) is 3.65. The van der Waals surface area contributed by atoms with Crippen LogP contribution in [0, 0.1) is 0 Å². The molecule has 0 N–H and O–H groups in total. The number of rotatable bonds is 2. The number of hydrogen-bond donors (Lipinski definition) is 0. The number of thiocarbonyl (C=S) groups is 1. The summed E-state index contributed by atoms with van der Waals surface area (Å²) in [6, 6.07) is 10.0. The van der Waals surface area contributed by atoms with Crippen molar-refractivity contribution in [2.45, 2.75) is 11.8 Å². The van der Waals surface area contributed by atoms with Gasteiger partial charge in [-0.05, 0) is 55.2 Å². The first-order chi connectivity index (χ1) is 7.79. The average molecular weight is 249 g/mol. The standard InChI is InChI=1S/C12H11NOS2/c1-2-14-12(15)16-10-5-6-11-9(8-10)4-3-7-13-11/h3-8H,2H2,1H3. The summed E-state index contributed by atoms with van der Waals surface area (Å²) >= 11 is 6.55. The van der Waals surface area contributed by atoms with Crippen molar-refractivity contribution < 1.29 is 4.74 Å². The first-order valence-corrected chi connectivity index (χ1v) is 6.21. The van der Waals surface area contributed by atoms with Gasteiger partial charge in [-0.25, -0.2) is 0 Å². The van der Waals surface area contributed by atoms with Crippen LogP contribution in [0.3, 0.4) is 0 Å². The summed E-state index contributed by atoms with van der Waals surface area (Å²) < 4.78 is 5.80. The van der Waals surface area contributed by atoms with Crippen molar-refractivity contribution in [1.29, 1.82) is 0 Å². The van der Waals surface area contributed by atoms with E-state index >= 15 is 0 Å². The van der Waals surface area contributed by atoms with Crippen molar-refractivity contribution >= 4 is 39.3 Å². The molecule has 4 heteroatoms. The van der Waals surface area contributed by atoms with Gasteiger partial charge in [-0.15, -0.1) is 0 Å². The molecule has 82 valence electrons. The largest absolute Gasteiger partial charge is 0.479 e. The summed E-state index contributed by atoms with van der Waals surface area (Å²) in [5.41, 5.74) is 0.995. The third-order valence-corrected chi connectivity index (χ3v) is 3.18. The maximum atomic E-state index is 5.24. The molecule has 0 saturated heterocycles. The van der Waals surface area contributed by atoms with Gasteiger partial charge in [0, 0.05) is 16.5 Å². The minimum atomic E-state index is 0.561. The summed E-state index contributed by atoms with van der Waals surface area (Å²) in [6.45, 7) is 2.54. The zero-order valence-corrected chi connectivity index (χ0v) is 10.5. The van der Waals surface area contributed by atoms with E-state index in [0.29, 0.717) is 11.0 Å². The number of hydrogen-bond acceptors (Lipinski definition) is 4. The molecule has 0 aliphatic rings. The predicted molar refractivity (Wildman–Crippen MR) is 71.8 cm³/mol. The van der Waals surface area contributed by atoms with E-state index in [9.17, 15) is 0 Å². The second-order valence-electron chi connectivity index (χ2n) is 3.14. The van der Waals surface area contributed by atoms with Gasteiger partial charge in [0.1, 0.15) is 0 Å². The van der Waals surface area contributed by atoms with Gasteiger partial charge >= 0.3 is 0 Å². The molecule has 0 aliphatic heterocycles. The lowest BCUT2D eigenvalue weighted by Crippen LogP contribution is -1.95. The van der Waals surface area contributed by atoms with E-state index in [1.54, 1.807) is 6.20 Å². The van der Waals surface area contributed by atoms with Crippen LogP contribution < -0.4 is 0 Å². The van der Waals surface area contributed by atoms with Crippen molar-refractivity contribution in [1.82, 2.24) is 4.98 Å². The average Bonchev–Trinajstić information content (AvgIpc) is 2.29. The Morgan fingerprint density at radius 2 is 2.31 bits per heavy atom. The molecule has 1 heterocycles. The van der Waals surface area contributed by atoms with Gasteiger partial charge in [-0.1, -0.05) is 6.07 Å². The lowest BCUT2D eigenvalue weighted by atomic mass is 10.2. The molecule has 1 aromatic carbocycles. The van der Waals surface area contributed by atoms with Crippen molar-refractivity contribution in [2.75, 3.05) is 6.61 Å². The molecule has 1 aromatic heterocycles. The van der Waals surface area contributed by atoms with E-state index in [0.717, 1.165) is 15.8 Å². The first kappa shape index (κ1) is 11.4. The topological polar surface area (TPSA) is 22.1 Å². The number of ether oxygens (including phenoxy) is 1. The Labute approximate surface area is 104 Å². The second kappa shape index (κ2) is 5.27. The fourth-order valence-corrected chi connectivity index (χ4v) is 2.46. The molecule has 16 heavy (non-hydrogen) atoms. The summed E-state index contributed by atoms with van der Waals surface area (Å²) in [4.78, 5) is 5.35. The smallest absolute Gasteiger partial charge is 0.224 e. The molecule has 2 rings (SSSR count). The van der Waals surface area contributed by atoms with Gasteiger partial charge in [0.25, 0.3) is 0 Å². The molecule has 0 atom stereocenters. The van der Waals surface area contributed by atoms with Crippen molar-refractivity contribution in [3.8, 4) is 0 Å². The zero-order valence-electron chi connectivity index (χ0n) is 8.84. The van der Waals surface area contributed by atoms with Crippen LogP contribution in [0.5, 0.6) is 0 Å². The maximum Gasteiger partial charge on any atom is 0.224 e. The molecule has 0 unspecified atom stereocenters. The normalized spacial score (nSPS) is 10.3. The zero-order chi connectivity index (χ0) is 11.4. The first-order valence-electron chi connectivity index (χ1n) is 4.99. The lowest BCUT2D eigenvalue weighted by Gasteiger charge is -2.04. The number of benzene rings is 1. The quantitative estimate of drug-likeness (QED) is 0.598. The molecular weight excluding hydrogens is 238 g/mol. The highest BCUT2D eigenvalue weighted by Gasteiger charge is 2.02. The second-order valence-corrected chi connectivity index (χ2v) is 4.82. The van der Waals surface area contributed by atoms with Gasteiger partial charge < -0.3 is 4.74 Å². The van der Waals surface area contributed by atoms with E-state index < -0.39 is 0 Å². The van der Waals surface area contributed by atoms with Gasteiger partial charge in [0.05, 0.1) is 12.1 Å². The molecule has 0 amide bonds. The van der Waals surface area contributed by atoms with Gasteiger partial charge in [-0.2, -0.15) is 0 Å². The Morgan fingerprint density at radius 1 is 1.44 bits per heavy atom. The molecular formula is C12H11NOS2. The third-order valence-electron chi connectivity index (χ3n) is 2.04. The summed E-state index contributed by atoms with van der Waals surface area (Å²) in [5.74, 6) is 0. The molecule has 0 aliphatic carbocycles. The van der Waals surface area contributed by atoms with Gasteiger partial charge in [-0.3, -0.25) is 4.98 Å². The molecule has 0 fully saturated rings. The SMILES string of the molecule is CCOC(=S)Sc1ccc2ncccc2c1. The van der Waals surface area contributed by atoms with Crippen molar-refractivity contribution in [3.05, 3.63) is 36.5 Å². The van der Waals surface area contributed by atoms with Crippen LogP contribution in [0.2, 0.25) is 0 Å². The van der Waals surface area contributed by atoms with Crippen molar-refractivity contribution in [2.24, 2.45) is 0 Å². The number of pyridine rings is 1. The monoisotopic (exact) mass is 249 g/mol. The van der Waals surface area contributed by atoms with Crippen LogP contribution in [0.4, 0.5) is 0 Å². The minimum Gasteiger partial charge on any atom is -0.479 e. The van der Waals surface area contributed by atoms with Crippen LogP contribution >= 0.6 is 24.0 Å². The highest BCUT2D eigenvalue weighted by atomic mass is 32.2. The van der Waals surface area contributed by atoms with Crippen molar-refractivity contribution in [3.63, 3.8) is 0 Å². The summed E-state index contributed by atoms with van der Waals surface area (Å²) in [6.07, 6.45) is 1.79. The van der Waals surface area contributed by atoms with Crippen LogP contribution in [0.15, 0.2) is 41.4 Å². The highest BCUT2D eigenvalue weighted by molar-refractivity contribution is 8.22. The highest BCUT2D eigenvalue weighted by Crippen LogP contribution is 2.24. The number of nitrogens with zero attached hydrogens (tertiary/aromatic N) is 1. The molecule has 2 aromatic rings. The molecule has 0 saturated carbocycles. The Bertz CT molecular complexity index is 513. The molecule has 0 spiro atoms. The Balaban J connectivity index is 2.22. The van der Waals surface area contributed by atoms with Crippen LogP contribution in [-0.2, 0) is 4.74 Å². The fourth-order valence-electron chi connectivity index (χ4n) is 1.36. The minimum absolute atomic E-state index is 0.561. The summed E-state index contributed by atoms with van der Waals surface area (Å²) in [5, 5.41) is 1.12. The molecule has 2 nitrogen and oxygen atoms in total. The van der Waals surface area contributed by atoms with Gasteiger partial charge in [0.2, 0.25) is 4.38 Å². The Hall–Kier alpha value is -1.13. The fraction of sp³-hybridized carbons (Fsp3) is 0.167. The van der Waals surface area contributed by atoms with E-state index in [1.165, 1.54) is 11.8 Å². The van der Waals surface area contributed by atoms with Gasteiger partial charge in [0.15, 0.2) is 0 Å². The Kier molecular flexibility index (Phi) is 3.74. The number of thioether (sulfide) groups is 1. The van der Waals surface area contributed by atoms with E-state index in [2.05, 4.69) is 11.1 Å². The van der Waals surface area contributed by atoms with E-state index in [-0.39, 0.29) is 0 Å².